The number of aryl methyl sites for hydroxylation is 1. The second-order valence-corrected chi connectivity index (χ2v) is 5.71. The standard InChI is InChI=1S/C13H14FN5O3S/c1-3-10(18-8(2)6-12(17-18)19(21)22)13(20)16-15-7-9-4-5-11(14)23-9/h4-7,10H,3H2,1-2H3,(H,16,20)/b15-7-/t10-/m0/s1. The number of hydrazone groups is 1. The van der Waals surface area contributed by atoms with Gasteiger partial charge in [-0.1, -0.05) is 6.92 Å². The van der Waals surface area contributed by atoms with Crippen molar-refractivity contribution in [3.63, 3.8) is 0 Å². The minimum Gasteiger partial charge on any atom is -0.358 e. The Morgan fingerprint density at radius 2 is 2.39 bits per heavy atom. The minimum atomic E-state index is -0.721. The van der Waals surface area contributed by atoms with Crippen LogP contribution in [0.5, 0.6) is 0 Å². The second-order valence-electron chi connectivity index (χ2n) is 4.65. The Balaban J connectivity index is 2.09. The van der Waals surface area contributed by atoms with Crippen molar-refractivity contribution in [2.24, 2.45) is 5.10 Å². The topological polar surface area (TPSA) is 102 Å². The summed E-state index contributed by atoms with van der Waals surface area (Å²) in [6, 6.07) is 3.41. The largest absolute Gasteiger partial charge is 0.390 e. The third-order valence-corrected chi connectivity index (χ3v) is 3.85. The first-order valence-corrected chi connectivity index (χ1v) is 7.52. The van der Waals surface area contributed by atoms with Crippen LogP contribution >= 0.6 is 11.3 Å². The highest BCUT2D eigenvalue weighted by molar-refractivity contribution is 7.12. The summed E-state index contributed by atoms with van der Waals surface area (Å²) in [5.41, 5.74) is 2.84. The molecule has 1 atom stereocenters. The van der Waals surface area contributed by atoms with Crippen LogP contribution in [0.25, 0.3) is 0 Å². The van der Waals surface area contributed by atoms with Crippen molar-refractivity contribution in [2.45, 2.75) is 26.3 Å². The molecule has 8 nitrogen and oxygen atoms in total. The molecule has 23 heavy (non-hydrogen) atoms. The molecule has 0 spiro atoms. The Morgan fingerprint density at radius 1 is 1.65 bits per heavy atom. The van der Waals surface area contributed by atoms with Crippen molar-refractivity contribution in [2.75, 3.05) is 0 Å². The van der Waals surface area contributed by atoms with E-state index in [9.17, 15) is 19.3 Å². The fourth-order valence-corrected chi connectivity index (χ4v) is 2.58. The van der Waals surface area contributed by atoms with Gasteiger partial charge in [-0.05, 0) is 30.4 Å². The van der Waals surface area contributed by atoms with E-state index >= 15 is 0 Å². The predicted octanol–water partition coefficient (Wildman–Crippen LogP) is 2.40. The van der Waals surface area contributed by atoms with Gasteiger partial charge in [0.1, 0.15) is 0 Å². The number of aromatic nitrogens is 2. The molecule has 0 saturated carbocycles. The average molecular weight is 339 g/mol. The quantitative estimate of drug-likeness (QED) is 0.496. The Kier molecular flexibility index (Phi) is 5.16. The molecule has 10 heteroatoms. The third kappa shape index (κ3) is 3.97. The van der Waals surface area contributed by atoms with Gasteiger partial charge in [-0.2, -0.15) is 14.2 Å². The van der Waals surface area contributed by atoms with Crippen LogP contribution in [0.3, 0.4) is 0 Å². The number of hydrogen-bond donors (Lipinski definition) is 1. The normalized spacial score (nSPS) is 12.5. The molecule has 0 radical (unpaired) electrons. The van der Waals surface area contributed by atoms with Crippen LogP contribution in [0.2, 0.25) is 0 Å². The van der Waals surface area contributed by atoms with Crippen LogP contribution in [-0.4, -0.2) is 26.8 Å². The molecule has 2 aromatic rings. The molecule has 1 N–H and O–H groups in total. The Bertz CT molecular complexity index is 755. The van der Waals surface area contributed by atoms with E-state index in [4.69, 9.17) is 0 Å². The Hall–Kier alpha value is -2.62. The van der Waals surface area contributed by atoms with E-state index in [1.807, 2.05) is 0 Å². The smallest absolute Gasteiger partial charge is 0.358 e. The zero-order valence-corrected chi connectivity index (χ0v) is 13.2. The lowest BCUT2D eigenvalue weighted by atomic mass is 10.2. The van der Waals surface area contributed by atoms with Crippen molar-refractivity contribution in [3.05, 3.63) is 44.0 Å². The van der Waals surface area contributed by atoms with Crippen molar-refractivity contribution in [1.82, 2.24) is 15.2 Å². The first-order valence-electron chi connectivity index (χ1n) is 6.71. The van der Waals surface area contributed by atoms with Crippen molar-refractivity contribution in [1.29, 1.82) is 0 Å². The van der Waals surface area contributed by atoms with Crippen LogP contribution in [0.1, 0.15) is 30.0 Å². The summed E-state index contributed by atoms with van der Waals surface area (Å²) in [5, 5.41) is 18.0. The number of rotatable bonds is 6. The van der Waals surface area contributed by atoms with Gasteiger partial charge in [0.2, 0.25) is 0 Å². The number of hydrogen-bond acceptors (Lipinski definition) is 6. The van der Waals surface area contributed by atoms with E-state index in [-0.39, 0.29) is 10.9 Å². The van der Waals surface area contributed by atoms with Gasteiger partial charge in [-0.25, -0.2) is 5.43 Å². The number of carbonyl (C=O) groups excluding carboxylic acids is 1. The molecule has 122 valence electrons. The summed E-state index contributed by atoms with van der Waals surface area (Å²) in [5.74, 6) is -0.770. The zero-order valence-electron chi connectivity index (χ0n) is 12.4. The first kappa shape index (κ1) is 16.7. The second kappa shape index (κ2) is 7.09. The van der Waals surface area contributed by atoms with Gasteiger partial charge in [-0.15, -0.1) is 11.3 Å². The summed E-state index contributed by atoms with van der Waals surface area (Å²) < 4.78 is 14.1. The lowest BCUT2D eigenvalue weighted by molar-refractivity contribution is -0.389. The molecule has 0 saturated heterocycles. The fourth-order valence-electron chi connectivity index (χ4n) is 1.98. The van der Waals surface area contributed by atoms with Crippen LogP contribution < -0.4 is 5.43 Å². The third-order valence-electron chi connectivity index (χ3n) is 3.04. The maximum Gasteiger partial charge on any atom is 0.390 e. The van der Waals surface area contributed by atoms with Gasteiger partial charge in [0, 0.05) is 0 Å². The maximum absolute atomic E-state index is 12.8. The van der Waals surface area contributed by atoms with Gasteiger partial charge < -0.3 is 10.1 Å². The zero-order chi connectivity index (χ0) is 17.0. The van der Waals surface area contributed by atoms with Gasteiger partial charge >= 0.3 is 5.82 Å². The fraction of sp³-hybridized carbons (Fsp3) is 0.308. The van der Waals surface area contributed by atoms with Crippen LogP contribution in [0.15, 0.2) is 23.3 Å². The summed E-state index contributed by atoms with van der Waals surface area (Å²) >= 11 is 0.899. The number of nitrogens with zero attached hydrogens (tertiary/aromatic N) is 4. The van der Waals surface area contributed by atoms with Gasteiger partial charge in [0.15, 0.2) is 11.2 Å². The highest BCUT2D eigenvalue weighted by atomic mass is 32.1. The molecule has 2 heterocycles. The van der Waals surface area contributed by atoms with Crippen LogP contribution in [0.4, 0.5) is 10.2 Å². The molecule has 0 aliphatic heterocycles. The van der Waals surface area contributed by atoms with Gasteiger partial charge in [0.25, 0.3) is 5.91 Å². The van der Waals surface area contributed by atoms with Crippen molar-refractivity contribution in [3.8, 4) is 0 Å². The highest BCUT2D eigenvalue weighted by Gasteiger charge is 2.26. The van der Waals surface area contributed by atoms with E-state index in [1.165, 1.54) is 29.1 Å². The molecule has 1 amide bonds. The van der Waals surface area contributed by atoms with Gasteiger partial charge in [0.05, 0.1) is 28.0 Å². The lowest BCUT2D eigenvalue weighted by Crippen LogP contribution is -2.30. The summed E-state index contributed by atoms with van der Waals surface area (Å²) in [6.45, 7) is 3.39. The minimum absolute atomic E-state index is 0.314. The molecule has 0 fully saturated rings. The lowest BCUT2D eigenvalue weighted by Gasteiger charge is -2.11. The number of amides is 1. The van der Waals surface area contributed by atoms with E-state index < -0.39 is 16.9 Å². The number of nitro groups is 1. The predicted molar refractivity (Wildman–Crippen MR) is 83.0 cm³/mol. The van der Waals surface area contributed by atoms with Crippen LogP contribution in [0, 0.1) is 22.2 Å². The molecule has 0 unspecified atom stereocenters. The van der Waals surface area contributed by atoms with E-state index in [0.29, 0.717) is 17.0 Å². The highest BCUT2D eigenvalue weighted by Crippen LogP contribution is 2.19. The monoisotopic (exact) mass is 339 g/mol. The number of thiophene rings is 1. The molecular weight excluding hydrogens is 325 g/mol. The molecule has 2 aromatic heterocycles. The number of halogens is 1. The van der Waals surface area contributed by atoms with E-state index in [2.05, 4.69) is 15.6 Å². The number of carbonyl (C=O) groups is 1. The summed E-state index contributed by atoms with van der Waals surface area (Å²) in [4.78, 5) is 22.9. The van der Waals surface area contributed by atoms with Crippen molar-refractivity contribution >= 4 is 29.3 Å². The maximum atomic E-state index is 12.8. The first-order chi connectivity index (χ1) is 10.9. The molecular formula is C13H14FN5O3S. The molecule has 2 rings (SSSR count). The van der Waals surface area contributed by atoms with Gasteiger partial charge in [-0.3, -0.25) is 4.79 Å². The molecule has 0 bridgehead atoms. The molecule has 0 aliphatic carbocycles. The molecule has 0 aliphatic rings. The SMILES string of the molecule is CC[C@@H](C(=O)N/N=C\c1ccc(F)s1)n1nc([N+](=O)[O-])cc1C. The Morgan fingerprint density at radius 3 is 2.91 bits per heavy atom. The number of nitrogens with one attached hydrogen (secondary N) is 1. The summed E-state index contributed by atoms with van der Waals surface area (Å²) in [7, 11) is 0. The Labute approximate surface area is 134 Å². The average Bonchev–Trinajstić information content (AvgIpc) is 3.07. The van der Waals surface area contributed by atoms with E-state index in [0.717, 1.165) is 11.3 Å². The van der Waals surface area contributed by atoms with Crippen molar-refractivity contribution < 1.29 is 14.1 Å². The molecule has 0 aromatic carbocycles. The van der Waals surface area contributed by atoms with Crippen LogP contribution in [-0.2, 0) is 4.79 Å². The van der Waals surface area contributed by atoms with E-state index in [1.54, 1.807) is 13.8 Å². The summed E-state index contributed by atoms with van der Waals surface area (Å²) in [6.07, 6.45) is 1.71.